The van der Waals surface area contributed by atoms with Crippen molar-refractivity contribution in [2.45, 2.75) is 19.8 Å². The number of nitrogens with two attached hydrogens (primary N) is 1. The summed E-state index contributed by atoms with van der Waals surface area (Å²) in [6.45, 7) is 4.33. The number of benzene rings is 2. The Kier molecular flexibility index (Phi) is 3.67. The first-order valence-electron chi connectivity index (χ1n) is 7.22. The summed E-state index contributed by atoms with van der Waals surface area (Å²) >= 11 is 6.16. The van der Waals surface area contributed by atoms with Gasteiger partial charge in [-0.2, -0.15) is 0 Å². The maximum Gasteiger partial charge on any atom is 0.0539 e. The summed E-state index contributed by atoms with van der Waals surface area (Å²) in [6, 6.07) is 13.9. The summed E-state index contributed by atoms with van der Waals surface area (Å²) < 4.78 is 2.19. The molecule has 0 aliphatic rings. The van der Waals surface area contributed by atoms with Gasteiger partial charge < -0.3 is 15.7 Å². The van der Waals surface area contributed by atoms with E-state index < -0.39 is 0 Å². The molecule has 3 aromatic rings. The number of hydrogen-bond acceptors (Lipinski definition) is 2. The fourth-order valence-corrected chi connectivity index (χ4v) is 2.95. The van der Waals surface area contributed by atoms with E-state index in [1.807, 2.05) is 36.4 Å². The number of halogens is 1. The number of rotatable bonds is 3. The minimum Gasteiger partial charge on any atom is -0.398 e. The third-order valence-corrected chi connectivity index (χ3v) is 4.08. The lowest BCUT2D eigenvalue weighted by atomic mass is 10.1. The Labute approximate surface area is 134 Å². The Morgan fingerprint density at radius 2 is 1.95 bits per heavy atom. The highest BCUT2D eigenvalue weighted by molar-refractivity contribution is 6.30. The molecule has 0 fully saturated rings. The average molecular weight is 312 g/mol. The van der Waals surface area contributed by atoms with E-state index in [1.165, 1.54) is 11.9 Å². The van der Waals surface area contributed by atoms with Crippen molar-refractivity contribution < 1.29 is 0 Å². The molecular formula is C18H18ClN3. The lowest BCUT2D eigenvalue weighted by Gasteiger charge is -2.14. The Hall–Kier alpha value is -2.26. The van der Waals surface area contributed by atoms with Crippen LogP contribution in [0.25, 0.3) is 16.6 Å². The Bertz CT molecular complexity index is 862. The number of fused-ring (bicyclic) bond motifs is 1. The van der Waals surface area contributed by atoms with Crippen LogP contribution in [0.4, 0.5) is 5.69 Å². The second-order valence-electron chi connectivity index (χ2n) is 5.72. The van der Waals surface area contributed by atoms with Crippen LogP contribution in [-0.4, -0.2) is 10.8 Å². The van der Waals surface area contributed by atoms with E-state index in [9.17, 15) is 0 Å². The van der Waals surface area contributed by atoms with Crippen molar-refractivity contribution in [3.63, 3.8) is 0 Å². The van der Waals surface area contributed by atoms with Crippen molar-refractivity contribution in [2.24, 2.45) is 0 Å². The number of hydrogen-bond donors (Lipinski definition) is 2. The van der Waals surface area contributed by atoms with Crippen LogP contribution in [0.3, 0.4) is 0 Å². The fourth-order valence-electron chi connectivity index (χ4n) is 2.76. The van der Waals surface area contributed by atoms with Crippen molar-refractivity contribution >= 4 is 34.4 Å². The monoisotopic (exact) mass is 311 g/mol. The highest BCUT2D eigenvalue weighted by Gasteiger charge is 2.15. The van der Waals surface area contributed by atoms with Crippen molar-refractivity contribution in [2.75, 3.05) is 5.73 Å². The highest BCUT2D eigenvalue weighted by atomic mass is 35.5. The maximum atomic E-state index is 7.52. The molecule has 0 atom stereocenters. The third kappa shape index (κ3) is 2.38. The van der Waals surface area contributed by atoms with Crippen molar-refractivity contribution in [1.29, 1.82) is 5.41 Å². The molecule has 0 aliphatic heterocycles. The van der Waals surface area contributed by atoms with Gasteiger partial charge in [-0.1, -0.05) is 31.5 Å². The second kappa shape index (κ2) is 5.50. The summed E-state index contributed by atoms with van der Waals surface area (Å²) in [7, 11) is 0. The molecule has 3 nitrogen and oxygen atoms in total. The zero-order chi connectivity index (χ0) is 15.9. The first-order valence-corrected chi connectivity index (χ1v) is 7.60. The van der Waals surface area contributed by atoms with E-state index in [2.05, 4.69) is 24.5 Å². The molecule has 22 heavy (non-hydrogen) atoms. The van der Waals surface area contributed by atoms with Gasteiger partial charge in [0.25, 0.3) is 0 Å². The van der Waals surface area contributed by atoms with E-state index in [1.54, 1.807) is 0 Å². The summed E-state index contributed by atoms with van der Waals surface area (Å²) in [5.74, 6) is 0.357. The van der Waals surface area contributed by atoms with Crippen molar-refractivity contribution in [1.82, 2.24) is 4.57 Å². The predicted molar refractivity (Wildman–Crippen MR) is 94.7 cm³/mol. The molecule has 1 aromatic heterocycles. The summed E-state index contributed by atoms with van der Waals surface area (Å²) in [5.41, 5.74) is 10.6. The first-order chi connectivity index (χ1) is 10.5. The van der Waals surface area contributed by atoms with Crippen LogP contribution in [0.1, 0.15) is 31.0 Å². The molecule has 0 aliphatic carbocycles. The quantitative estimate of drug-likeness (QED) is 0.520. The molecule has 4 heteroatoms. The molecule has 3 rings (SSSR count). The van der Waals surface area contributed by atoms with Crippen LogP contribution >= 0.6 is 11.6 Å². The van der Waals surface area contributed by atoms with Gasteiger partial charge in [-0.05, 0) is 42.3 Å². The van der Waals surface area contributed by atoms with Crippen LogP contribution < -0.4 is 5.73 Å². The molecule has 3 N–H and O–H groups in total. The van der Waals surface area contributed by atoms with Gasteiger partial charge in [0.2, 0.25) is 0 Å². The van der Waals surface area contributed by atoms with Crippen LogP contribution in [0.2, 0.25) is 5.02 Å². The molecule has 0 amide bonds. The van der Waals surface area contributed by atoms with Crippen molar-refractivity contribution in [3.8, 4) is 5.69 Å². The first kappa shape index (κ1) is 14.7. The van der Waals surface area contributed by atoms with Crippen LogP contribution in [0, 0.1) is 5.41 Å². The van der Waals surface area contributed by atoms with E-state index in [0.717, 1.165) is 22.2 Å². The van der Waals surface area contributed by atoms with Gasteiger partial charge in [0.15, 0.2) is 0 Å². The lowest BCUT2D eigenvalue weighted by Crippen LogP contribution is -2.02. The van der Waals surface area contributed by atoms with Crippen LogP contribution in [-0.2, 0) is 0 Å². The minimum absolute atomic E-state index is 0.357. The van der Waals surface area contributed by atoms with Gasteiger partial charge in [-0.25, -0.2) is 0 Å². The maximum absolute atomic E-state index is 7.52. The Morgan fingerprint density at radius 3 is 2.59 bits per heavy atom. The summed E-state index contributed by atoms with van der Waals surface area (Å²) in [6.07, 6.45) is 1.29. The van der Waals surface area contributed by atoms with Gasteiger partial charge in [-0.3, -0.25) is 0 Å². The molecule has 2 aromatic carbocycles. The zero-order valence-electron chi connectivity index (χ0n) is 12.6. The number of nitrogens with zero attached hydrogens (tertiary/aromatic N) is 1. The molecule has 0 radical (unpaired) electrons. The molecule has 1 heterocycles. The summed E-state index contributed by atoms with van der Waals surface area (Å²) in [5, 5.41) is 9.31. The minimum atomic E-state index is 0.357. The molecular weight excluding hydrogens is 294 g/mol. The second-order valence-corrected chi connectivity index (χ2v) is 6.16. The molecule has 0 saturated carbocycles. The van der Waals surface area contributed by atoms with E-state index in [-0.39, 0.29) is 0 Å². The van der Waals surface area contributed by atoms with Gasteiger partial charge >= 0.3 is 0 Å². The topological polar surface area (TPSA) is 54.8 Å². The van der Waals surface area contributed by atoms with Crippen LogP contribution in [0.15, 0.2) is 42.5 Å². The highest BCUT2D eigenvalue weighted by Crippen LogP contribution is 2.32. The normalized spacial score (nSPS) is 11.3. The fraction of sp³-hybridized carbons (Fsp3) is 0.167. The number of aromatic nitrogens is 1. The Balaban J connectivity index is 2.39. The largest absolute Gasteiger partial charge is 0.398 e. The molecule has 112 valence electrons. The zero-order valence-corrected chi connectivity index (χ0v) is 13.4. The molecule has 0 spiro atoms. The van der Waals surface area contributed by atoms with Gasteiger partial charge in [-0.15, -0.1) is 0 Å². The Morgan fingerprint density at radius 1 is 1.18 bits per heavy atom. The van der Waals surface area contributed by atoms with E-state index in [0.29, 0.717) is 16.6 Å². The lowest BCUT2D eigenvalue weighted by molar-refractivity contribution is 0.796. The summed E-state index contributed by atoms with van der Waals surface area (Å²) in [4.78, 5) is 0. The number of nitrogens with one attached hydrogen (secondary N) is 1. The van der Waals surface area contributed by atoms with Gasteiger partial charge in [0, 0.05) is 39.3 Å². The van der Waals surface area contributed by atoms with E-state index >= 15 is 0 Å². The number of anilines is 1. The average Bonchev–Trinajstić information content (AvgIpc) is 2.84. The molecule has 0 unspecified atom stereocenters. The smallest absolute Gasteiger partial charge is 0.0539 e. The molecule has 0 saturated heterocycles. The van der Waals surface area contributed by atoms with Crippen molar-refractivity contribution in [3.05, 3.63) is 58.7 Å². The van der Waals surface area contributed by atoms with Gasteiger partial charge in [0.1, 0.15) is 0 Å². The van der Waals surface area contributed by atoms with Gasteiger partial charge in [0.05, 0.1) is 5.52 Å². The predicted octanol–water partition coefficient (Wildman–Crippen LogP) is 4.99. The van der Waals surface area contributed by atoms with E-state index in [4.69, 9.17) is 22.7 Å². The SMILES string of the molecule is CC(C)c1cc2cc(N)c(C=N)cc2n1-c1cccc(Cl)c1. The third-order valence-electron chi connectivity index (χ3n) is 3.85. The number of nitrogen functional groups attached to an aromatic ring is 1. The standard InChI is InChI=1S/C18H18ClN3/c1-11(2)17-7-12-6-16(21)13(10-20)8-18(12)22(17)15-5-3-4-14(19)9-15/h3-11,20H,21H2,1-2H3. The van der Waals surface area contributed by atoms with Crippen LogP contribution in [0.5, 0.6) is 0 Å². The molecule has 0 bridgehead atoms.